The first-order valence-corrected chi connectivity index (χ1v) is 12.0. The SMILES string of the molecule is CCCCCCCCNC(=S)N(CCCN1CCOCC1)Cc1cccc(Cl)c1. The molecule has 0 saturated carbocycles. The second-order valence-electron chi connectivity index (χ2n) is 7.86. The van der Waals surface area contributed by atoms with E-state index in [0.717, 1.165) is 69.0 Å². The van der Waals surface area contributed by atoms with E-state index in [-0.39, 0.29) is 0 Å². The maximum absolute atomic E-state index is 6.18. The number of benzene rings is 1. The van der Waals surface area contributed by atoms with Crippen LogP contribution in [0.5, 0.6) is 0 Å². The number of thiocarbonyl (C=S) groups is 1. The summed E-state index contributed by atoms with van der Waals surface area (Å²) in [5.41, 5.74) is 1.20. The first-order chi connectivity index (χ1) is 14.2. The molecule has 4 nitrogen and oxygen atoms in total. The molecule has 1 aromatic carbocycles. The fourth-order valence-corrected chi connectivity index (χ4v) is 4.10. The zero-order chi connectivity index (χ0) is 20.7. The van der Waals surface area contributed by atoms with Gasteiger partial charge in [-0.2, -0.15) is 0 Å². The van der Waals surface area contributed by atoms with Gasteiger partial charge in [0.1, 0.15) is 0 Å². The second-order valence-corrected chi connectivity index (χ2v) is 8.68. The summed E-state index contributed by atoms with van der Waals surface area (Å²) in [5.74, 6) is 0. The largest absolute Gasteiger partial charge is 0.379 e. The lowest BCUT2D eigenvalue weighted by atomic mass is 10.1. The normalized spacial score (nSPS) is 14.7. The van der Waals surface area contributed by atoms with E-state index in [0.29, 0.717) is 0 Å². The van der Waals surface area contributed by atoms with E-state index in [1.165, 1.54) is 44.1 Å². The summed E-state index contributed by atoms with van der Waals surface area (Å²) in [6.07, 6.45) is 8.88. The number of nitrogens with one attached hydrogen (secondary N) is 1. The van der Waals surface area contributed by atoms with E-state index in [1.807, 2.05) is 18.2 Å². The molecule has 1 aliphatic rings. The summed E-state index contributed by atoms with van der Waals surface area (Å²) < 4.78 is 5.45. The van der Waals surface area contributed by atoms with Crippen molar-refractivity contribution in [3.63, 3.8) is 0 Å². The van der Waals surface area contributed by atoms with Crippen LogP contribution in [0, 0.1) is 0 Å². The zero-order valence-corrected chi connectivity index (χ0v) is 19.6. The molecule has 0 radical (unpaired) electrons. The summed E-state index contributed by atoms with van der Waals surface area (Å²) in [6, 6.07) is 8.09. The maximum atomic E-state index is 6.18. The average molecular weight is 440 g/mol. The summed E-state index contributed by atoms with van der Waals surface area (Å²) in [7, 11) is 0. The minimum Gasteiger partial charge on any atom is -0.379 e. The van der Waals surface area contributed by atoms with Crippen LogP contribution in [0.1, 0.15) is 57.4 Å². The van der Waals surface area contributed by atoms with E-state index in [1.54, 1.807) is 0 Å². The smallest absolute Gasteiger partial charge is 0.169 e. The Kier molecular flexibility index (Phi) is 12.6. The van der Waals surface area contributed by atoms with Crippen molar-refractivity contribution in [3.05, 3.63) is 34.9 Å². The molecule has 1 N–H and O–H groups in total. The Bertz CT molecular complexity index is 581. The molecule has 0 aromatic heterocycles. The third-order valence-electron chi connectivity index (χ3n) is 5.36. The van der Waals surface area contributed by atoms with Gasteiger partial charge in [-0.1, -0.05) is 62.8 Å². The fourth-order valence-electron chi connectivity index (χ4n) is 3.63. The first-order valence-electron chi connectivity index (χ1n) is 11.3. The summed E-state index contributed by atoms with van der Waals surface area (Å²) in [5, 5.41) is 5.13. The Morgan fingerprint density at radius 3 is 2.66 bits per heavy atom. The summed E-state index contributed by atoms with van der Waals surface area (Å²) >= 11 is 11.9. The van der Waals surface area contributed by atoms with Gasteiger partial charge in [-0.05, 0) is 42.8 Å². The third-order valence-corrected chi connectivity index (χ3v) is 6.00. The van der Waals surface area contributed by atoms with Crippen LogP contribution in [0.4, 0.5) is 0 Å². The van der Waals surface area contributed by atoms with Crippen LogP contribution >= 0.6 is 23.8 Å². The Morgan fingerprint density at radius 1 is 1.14 bits per heavy atom. The van der Waals surface area contributed by atoms with Crippen molar-refractivity contribution in [1.82, 2.24) is 15.1 Å². The number of hydrogen-bond acceptors (Lipinski definition) is 3. The van der Waals surface area contributed by atoms with Gasteiger partial charge in [0.15, 0.2) is 5.11 Å². The molecule has 1 aliphatic heterocycles. The third kappa shape index (κ3) is 10.6. The Balaban J connectivity index is 1.77. The quantitative estimate of drug-likeness (QED) is 0.341. The van der Waals surface area contributed by atoms with Gasteiger partial charge in [0.2, 0.25) is 0 Å². The van der Waals surface area contributed by atoms with E-state index in [4.69, 9.17) is 28.6 Å². The number of ether oxygens (including phenoxy) is 1. The molecule has 164 valence electrons. The van der Waals surface area contributed by atoms with Gasteiger partial charge in [0, 0.05) is 44.3 Å². The molecule has 29 heavy (non-hydrogen) atoms. The van der Waals surface area contributed by atoms with Gasteiger partial charge in [-0.3, -0.25) is 4.90 Å². The van der Waals surface area contributed by atoms with E-state index >= 15 is 0 Å². The van der Waals surface area contributed by atoms with Crippen molar-refractivity contribution >= 4 is 28.9 Å². The molecule has 0 spiro atoms. The lowest BCUT2D eigenvalue weighted by Gasteiger charge is -2.29. The number of rotatable bonds is 13. The summed E-state index contributed by atoms with van der Waals surface area (Å²) in [4.78, 5) is 4.77. The number of unbranched alkanes of at least 4 members (excludes halogenated alkanes) is 5. The van der Waals surface area contributed by atoms with Crippen molar-refractivity contribution in [2.45, 2.75) is 58.4 Å². The Morgan fingerprint density at radius 2 is 1.90 bits per heavy atom. The van der Waals surface area contributed by atoms with Crippen LogP contribution in [0.3, 0.4) is 0 Å². The van der Waals surface area contributed by atoms with Crippen molar-refractivity contribution in [1.29, 1.82) is 0 Å². The molecule has 0 aliphatic carbocycles. The minimum absolute atomic E-state index is 0.779. The first kappa shape index (κ1) is 24.4. The topological polar surface area (TPSA) is 27.7 Å². The number of halogens is 1. The van der Waals surface area contributed by atoms with Gasteiger partial charge >= 0.3 is 0 Å². The Hall–Kier alpha value is -0.880. The highest BCUT2D eigenvalue weighted by Gasteiger charge is 2.13. The van der Waals surface area contributed by atoms with Crippen LogP contribution < -0.4 is 5.32 Å². The number of hydrogen-bond donors (Lipinski definition) is 1. The van der Waals surface area contributed by atoms with E-state index in [9.17, 15) is 0 Å². The molecule has 0 bridgehead atoms. The molecule has 1 aromatic rings. The zero-order valence-electron chi connectivity index (χ0n) is 18.0. The average Bonchev–Trinajstić information content (AvgIpc) is 2.73. The molecular formula is C23H38ClN3OS. The summed E-state index contributed by atoms with van der Waals surface area (Å²) in [6.45, 7) is 9.83. The molecule has 1 heterocycles. The standard InChI is InChI=1S/C23H38ClN3OS/c1-2-3-4-5-6-7-12-25-23(29)27(20-21-10-8-11-22(24)19-21)14-9-13-26-15-17-28-18-16-26/h8,10-11,19H,2-7,9,12-18,20H2,1H3,(H,25,29). The molecule has 1 fully saturated rings. The minimum atomic E-state index is 0.779. The van der Waals surface area contributed by atoms with Crippen molar-refractivity contribution in [2.24, 2.45) is 0 Å². The highest BCUT2D eigenvalue weighted by molar-refractivity contribution is 7.80. The van der Waals surface area contributed by atoms with Crippen LogP contribution in [0.25, 0.3) is 0 Å². The van der Waals surface area contributed by atoms with Crippen LogP contribution in [0.15, 0.2) is 24.3 Å². The van der Waals surface area contributed by atoms with E-state index in [2.05, 4.69) is 28.1 Å². The molecule has 1 saturated heterocycles. The van der Waals surface area contributed by atoms with Gasteiger partial charge in [0.05, 0.1) is 13.2 Å². The fraction of sp³-hybridized carbons (Fsp3) is 0.696. The number of nitrogens with zero attached hydrogens (tertiary/aromatic N) is 2. The monoisotopic (exact) mass is 439 g/mol. The second kappa shape index (κ2) is 15.0. The van der Waals surface area contributed by atoms with Crippen molar-refractivity contribution in [2.75, 3.05) is 45.9 Å². The van der Waals surface area contributed by atoms with Crippen LogP contribution in [-0.4, -0.2) is 60.8 Å². The molecule has 0 atom stereocenters. The Labute approximate surface area is 187 Å². The lowest BCUT2D eigenvalue weighted by molar-refractivity contribution is 0.0367. The molecular weight excluding hydrogens is 402 g/mol. The van der Waals surface area contributed by atoms with Crippen molar-refractivity contribution in [3.8, 4) is 0 Å². The van der Waals surface area contributed by atoms with Crippen molar-refractivity contribution < 1.29 is 4.74 Å². The van der Waals surface area contributed by atoms with Gasteiger partial charge < -0.3 is 15.0 Å². The molecule has 0 unspecified atom stereocenters. The highest BCUT2D eigenvalue weighted by Crippen LogP contribution is 2.13. The van der Waals surface area contributed by atoms with Gasteiger partial charge in [-0.25, -0.2) is 0 Å². The van der Waals surface area contributed by atoms with Gasteiger partial charge in [-0.15, -0.1) is 0 Å². The van der Waals surface area contributed by atoms with E-state index < -0.39 is 0 Å². The van der Waals surface area contributed by atoms with Crippen LogP contribution in [0.2, 0.25) is 5.02 Å². The molecule has 2 rings (SSSR count). The van der Waals surface area contributed by atoms with Gasteiger partial charge in [0.25, 0.3) is 0 Å². The molecule has 0 amide bonds. The molecule has 6 heteroatoms. The maximum Gasteiger partial charge on any atom is 0.169 e. The van der Waals surface area contributed by atoms with Crippen LogP contribution in [-0.2, 0) is 11.3 Å². The lowest BCUT2D eigenvalue weighted by Crippen LogP contribution is -2.42. The predicted molar refractivity (Wildman–Crippen MR) is 128 cm³/mol. The predicted octanol–water partition coefficient (Wildman–Crippen LogP) is 5.10. The highest BCUT2D eigenvalue weighted by atomic mass is 35.5. The number of morpholine rings is 1.